The van der Waals surface area contributed by atoms with Gasteiger partial charge in [-0.15, -0.1) is 11.3 Å². The topological polar surface area (TPSA) is 68.0 Å². The minimum absolute atomic E-state index is 0.0335. The first kappa shape index (κ1) is 15.0. The van der Waals surface area contributed by atoms with Crippen molar-refractivity contribution in [3.05, 3.63) is 39.3 Å². The molecule has 2 rings (SSSR count). The van der Waals surface area contributed by atoms with Gasteiger partial charge in [0.15, 0.2) is 5.13 Å². The Morgan fingerprint density at radius 1 is 1.40 bits per heavy atom. The number of carbonyl (C=O) groups excluding carboxylic acids is 1. The fraction of sp³-hybridized carbons (Fsp3) is 0.286. The highest BCUT2D eigenvalue weighted by Gasteiger charge is 2.19. The van der Waals surface area contributed by atoms with Crippen molar-refractivity contribution in [1.82, 2.24) is 4.98 Å². The molecule has 0 atom stereocenters. The van der Waals surface area contributed by atoms with E-state index in [2.05, 4.69) is 47.0 Å². The lowest BCUT2D eigenvalue weighted by Crippen LogP contribution is -2.15. The molecule has 106 valence electrons. The molecule has 0 bridgehead atoms. The van der Waals surface area contributed by atoms with E-state index in [4.69, 9.17) is 5.73 Å². The number of nitrogens with one attached hydrogen (secondary N) is 1. The van der Waals surface area contributed by atoms with Gasteiger partial charge in [-0.25, -0.2) is 4.98 Å². The number of carbonyl (C=O) groups is 1. The molecule has 0 spiro atoms. The van der Waals surface area contributed by atoms with Gasteiger partial charge in [-0.2, -0.15) is 0 Å². The van der Waals surface area contributed by atoms with Crippen molar-refractivity contribution in [3.63, 3.8) is 0 Å². The molecule has 20 heavy (non-hydrogen) atoms. The summed E-state index contributed by atoms with van der Waals surface area (Å²) in [5.74, 6) is -0.251. The number of nitrogens with zero attached hydrogens (tertiary/aromatic N) is 1. The van der Waals surface area contributed by atoms with Crippen molar-refractivity contribution < 1.29 is 4.79 Å². The summed E-state index contributed by atoms with van der Waals surface area (Å²) in [5.41, 5.74) is 7.62. The summed E-state index contributed by atoms with van der Waals surface area (Å²) in [4.78, 5) is 16.6. The maximum atomic E-state index is 12.2. The average Bonchev–Trinajstić information content (AvgIpc) is 2.80. The number of nitrogen functional groups attached to an aromatic ring is 1. The smallest absolute Gasteiger partial charge is 0.259 e. The molecular formula is C14H16BrN3OS. The molecule has 0 fully saturated rings. The zero-order valence-electron chi connectivity index (χ0n) is 11.5. The number of benzene rings is 1. The fourth-order valence-electron chi connectivity index (χ4n) is 1.57. The van der Waals surface area contributed by atoms with Crippen LogP contribution in [0.3, 0.4) is 0 Å². The predicted octanol–water partition coefficient (Wildman–Crippen LogP) is 4.04. The van der Waals surface area contributed by atoms with Crippen molar-refractivity contribution in [2.45, 2.75) is 26.2 Å². The second-order valence-corrected chi connectivity index (χ2v) is 7.25. The van der Waals surface area contributed by atoms with E-state index >= 15 is 0 Å². The zero-order valence-corrected chi connectivity index (χ0v) is 13.9. The molecule has 0 aliphatic heterocycles. The Morgan fingerprint density at radius 2 is 2.10 bits per heavy atom. The summed E-state index contributed by atoms with van der Waals surface area (Å²) in [7, 11) is 0. The third-order valence-electron chi connectivity index (χ3n) is 2.75. The van der Waals surface area contributed by atoms with Crippen LogP contribution in [0.5, 0.6) is 0 Å². The summed E-state index contributed by atoms with van der Waals surface area (Å²) in [5, 5.41) is 5.33. The average molecular weight is 354 g/mol. The van der Waals surface area contributed by atoms with E-state index in [9.17, 15) is 4.79 Å². The highest BCUT2D eigenvalue weighted by Crippen LogP contribution is 2.27. The van der Waals surface area contributed by atoms with Gasteiger partial charge in [0.05, 0.1) is 11.3 Å². The number of halogens is 1. The maximum absolute atomic E-state index is 12.2. The number of nitrogens with two attached hydrogens (primary N) is 1. The highest BCUT2D eigenvalue weighted by atomic mass is 79.9. The fourth-order valence-corrected chi connectivity index (χ4v) is 2.86. The summed E-state index contributed by atoms with van der Waals surface area (Å²) in [6.45, 7) is 6.25. The number of amides is 1. The normalized spacial score (nSPS) is 11.4. The molecule has 6 heteroatoms. The maximum Gasteiger partial charge on any atom is 0.259 e. The Morgan fingerprint density at radius 3 is 2.70 bits per heavy atom. The third kappa shape index (κ3) is 3.37. The van der Waals surface area contributed by atoms with Gasteiger partial charge >= 0.3 is 0 Å². The van der Waals surface area contributed by atoms with Crippen molar-refractivity contribution in [2.75, 3.05) is 11.1 Å². The molecule has 0 aliphatic carbocycles. The molecule has 1 aromatic carbocycles. The lowest BCUT2D eigenvalue weighted by molar-refractivity contribution is 0.102. The summed E-state index contributed by atoms with van der Waals surface area (Å²) < 4.78 is 0.811. The van der Waals surface area contributed by atoms with Crippen LogP contribution >= 0.6 is 27.3 Å². The first-order chi connectivity index (χ1) is 9.27. The Kier molecular flexibility index (Phi) is 4.15. The van der Waals surface area contributed by atoms with E-state index in [1.54, 1.807) is 18.2 Å². The van der Waals surface area contributed by atoms with Crippen molar-refractivity contribution in [2.24, 2.45) is 0 Å². The summed E-state index contributed by atoms with van der Waals surface area (Å²) in [6.07, 6.45) is 0. The Labute approximate surface area is 130 Å². The van der Waals surface area contributed by atoms with Crippen LogP contribution in [0.1, 0.15) is 36.8 Å². The molecule has 1 heterocycles. The van der Waals surface area contributed by atoms with Crippen molar-refractivity contribution >= 4 is 44.0 Å². The van der Waals surface area contributed by atoms with Crippen molar-refractivity contribution in [1.29, 1.82) is 0 Å². The minimum Gasteiger partial charge on any atom is -0.398 e. The minimum atomic E-state index is -0.251. The van der Waals surface area contributed by atoms with Gasteiger partial charge in [-0.3, -0.25) is 10.1 Å². The van der Waals surface area contributed by atoms with Gasteiger partial charge < -0.3 is 5.73 Å². The molecule has 2 aromatic rings. The number of thiazole rings is 1. The monoisotopic (exact) mass is 353 g/mol. The molecule has 3 N–H and O–H groups in total. The van der Waals surface area contributed by atoms with Crippen LogP contribution in [0, 0.1) is 0 Å². The molecule has 0 radical (unpaired) electrons. The lowest BCUT2D eigenvalue weighted by Gasteiger charge is -2.14. The largest absolute Gasteiger partial charge is 0.398 e. The van der Waals surface area contributed by atoms with Gasteiger partial charge in [-0.05, 0) is 18.2 Å². The van der Waals surface area contributed by atoms with E-state index in [1.807, 2.05) is 5.38 Å². The number of aromatic nitrogens is 1. The summed E-state index contributed by atoms with van der Waals surface area (Å²) >= 11 is 4.75. The molecular weight excluding hydrogens is 338 g/mol. The third-order valence-corrected chi connectivity index (χ3v) is 4.00. The van der Waals surface area contributed by atoms with Gasteiger partial charge in [0, 0.05) is 21.0 Å². The Bertz CT molecular complexity index is 646. The number of anilines is 2. The van der Waals surface area contributed by atoms with E-state index < -0.39 is 0 Å². The van der Waals surface area contributed by atoms with Gasteiger partial charge in [0.1, 0.15) is 0 Å². The van der Waals surface area contributed by atoms with Crippen LogP contribution in [0.2, 0.25) is 0 Å². The van der Waals surface area contributed by atoms with Crippen LogP contribution < -0.4 is 11.1 Å². The molecule has 1 aromatic heterocycles. The lowest BCUT2D eigenvalue weighted by atomic mass is 9.93. The summed E-state index contributed by atoms with van der Waals surface area (Å²) in [6, 6.07) is 5.19. The number of hydrogen-bond acceptors (Lipinski definition) is 4. The van der Waals surface area contributed by atoms with Crippen LogP contribution in [-0.2, 0) is 5.41 Å². The molecule has 4 nitrogen and oxygen atoms in total. The van der Waals surface area contributed by atoms with Gasteiger partial charge in [-0.1, -0.05) is 36.7 Å². The molecule has 0 unspecified atom stereocenters. The van der Waals surface area contributed by atoms with E-state index in [1.165, 1.54) is 11.3 Å². The first-order valence-corrected chi connectivity index (χ1v) is 7.77. The Hall–Kier alpha value is -1.40. The Balaban J connectivity index is 2.20. The van der Waals surface area contributed by atoms with Crippen molar-refractivity contribution in [3.8, 4) is 0 Å². The molecule has 0 saturated heterocycles. The SMILES string of the molecule is CC(C)(C)c1csc(NC(=O)c2cc(Br)ccc2N)n1. The standard InChI is InChI=1S/C14H16BrN3OS/c1-14(2,3)11-7-20-13(17-11)18-12(19)9-6-8(15)4-5-10(9)16/h4-7H,16H2,1-3H3,(H,17,18,19). The van der Waals surface area contributed by atoms with Gasteiger partial charge in [0.2, 0.25) is 0 Å². The van der Waals surface area contributed by atoms with Crippen LogP contribution in [0.15, 0.2) is 28.1 Å². The van der Waals surface area contributed by atoms with Crippen LogP contribution in [0.4, 0.5) is 10.8 Å². The molecule has 1 amide bonds. The van der Waals surface area contributed by atoms with E-state index in [-0.39, 0.29) is 11.3 Å². The van der Waals surface area contributed by atoms with E-state index in [0.29, 0.717) is 16.4 Å². The van der Waals surface area contributed by atoms with E-state index in [0.717, 1.165) is 10.2 Å². The zero-order chi connectivity index (χ0) is 14.9. The molecule has 0 saturated carbocycles. The predicted molar refractivity (Wildman–Crippen MR) is 87.3 cm³/mol. The second-order valence-electron chi connectivity index (χ2n) is 5.47. The second kappa shape index (κ2) is 5.54. The quantitative estimate of drug-likeness (QED) is 0.800. The van der Waals surface area contributed by atoms with Crippen LogP contribution in [-0.4, -0.2) is 10.9 Å². The number of rotatable bonds is 2. The first-order valence-electron chi connectivity index (χ1n) is 6.10. The highest BCUT2D eigenvalue weighted by molar-refractivity contribution is 9.10. The van der Waals surface area contributed by atoms with Crippen LogP contribution in [0.25, 0.3) is 0 Å². The molecule has 0 aliphatic rings. The number of hydrogen-bond donors (Lipinski definition) is 2. The van der Waals surface area contributed by atoms with Gasteiger partial charge in [0.25, 0.3) is 5.91 Å².